The quantitative estimate of drug-likeness (QED) is 0.352. The molecule has 0 saturated heterocycles. The molecule has 0 fully saturated rings. The Kier molecular flexibility index (Phi) is 7.62. The van der Waals surface area contributed by atoms with Gasteiger partial charge in [0.25, 0.3) is 5.91 Å². The Balaban J connectivity index is 1.73. The van der Waals surface area contributed by atoms with Crippen LogP contribution in [0.5, 0.6) is 0 Å². The van der Waals surface area contributed by atoms with E-state index >= 15 is 0 Å². The van der Waals surface area contributed by atoms with Gasteiger partial charge in [-0.05, 0) is 48.7 Å². The van der Waals surface area contributed by atoms with E-state index in [1.54, 1.807) is 11.8 Å². The molecule has 8 nitrogen and oxygen atoms in total. The van der Waals surface area contributed by atoms with Crippen LogP contribution in [-0.2, 0) is 10.0 Å². The molecular formula is C22H22N4O4S2. The zero-order valence-corrected chi connectivity index (χ0v) is 19.0. The van der Waals surface area contributed by atoms with Gasteiger partial charge < -0.3 is 4.42 Å². The van der Waals surface area contributed by atoms with Crippen molar-refractivity contribution in [3.05, 3.63) is 79.4 Å². The van der Waals surface area contributed by atoms with Gasteiger partial charge in [-0.2, -0.15) is 4.31 Å². The topological polar surface area (TPSA) is 105 Å². The van der Waals surface area contributed by atoms with Crippen LogP contribution in [0, 0.1) is 0 Å². The molecule has 0 radical (unpaired) electrons. The first kappa shape index (κ1) is 23.5. The van der Waals surface area contributed by atoms with Gasteiger partial charge in [0.05, 0.1) is 4.90 Å². The fourth-order valence-electron chi connectivity index (χ4n) is 2.80. The van der Waals surface area contributed by atoms with E-state index in [2.05, 4.69) is 28.7 Å². The van der Waals surface area contributed by atoms with Gasteiger partial charge in [-0.25, -0.2) is 8.42 Å². The number of nitrogens with one attached hydrogen (secondary N) is 1. The second kappa shape index (κ2) is 10.4. The predicted molar refractivity (Wildman–Crippen MR) is 125 cm³/mol. The summed E-state index contributed by atoms with van der Waals surface area (Å²) >= 11 is 1.59. The number of benzene rings is 2. The van der Waals surface area contributed by atoms with Crippen molar-refractivity contribution < 1.29 is 17.6 Å². The molecule has 1 aromatic heterocycles. The molecule has 3 rings (SSSR count). The number of nitrogens with zero attached hydrogens (tertiary/aromatic N) is 3. The number of thioether (sulfide) groups is 1. The van der Waals surface area contributed by atoms with Crippen LogP contribution in [0.4, 0.5) is 6.01 Å². The van der Waals surface area contributed by atoms with Crippen LogP contribution >= 0.6 is 11.8 Å². The fourth-order valence-corrected chi connectivity index (χ4v) is 4.64. The van der Waals surface area contributed by atoms with Crippen LogP contribution in [0.3, 0.4) is 0 Å². The van der Waals surface area contributed by atoms with Crippen molar-refractivity contribution in [2.75, 3.05) is 24.7 Å². The Morgan fingerprint density at radius 2 is 1.81 bits per heavy atom. The number of rotatable bonds is 10. The number of carbonyl (C=O) groups excluding carboxylic acids is 1. The number of hydrogen-bond acceptors (Lipinski definition) is 7. The molecule has 0 bridgehead atoms. The second-order valence-corrected chi connectivity index (χ2v) is 9.34. The number of aromatic nitrogens is 2. The molecule has 0 aliphatic carbocycles. The van der Waals surface area contributed by atoms with E-state index in [-0.39, 0.29) is 35.5 Å². The molecule has 0 atom stereocenters. The van der Waals surface area contributed by atoms with Gasteiger partial charge in [-0.3, -0.25) is 10.1 Å². The number of hydrogen-bond donors (Lipinski definition) is 1. The standard InChI is InChI=1S/C22H22N4O4S2/c1-4-13-26(14-5-2)32(28,29)19-11-9-16(10-12-19)20(27)23-22-25-24-21(30-22)17-7-6-8-18(15-17)31-3/h4-12,15H,1-2,13-14H2,3H3,(H,23,25,27). The van der Waals surface area contributed by atoms with Crippen molar-refractivity contribution in [3.63, 3.8) is 0 Å². The van der Waals surface area contributed by atoms with E-state index in [0.29, 0.717) is 0 Å². The highest BCUT2D eigenvalue weighted by Crippen LogP contribution is 2.25. The van der Waals surface area contributed by atoms with Gasteiger partial charge in [0.15, 0.2) is 0 Å². The van der Waals surface area contributed by atoms with Gasteiger partial charge in [0.2, 0.25) is 15.9 Å². The maximum absolute atomic E-state index is 12.8. The van der Waals surface area contributed by atoms with E-state index in [1.165, 1.54) is 40.7 Å². The molecule has 0 unspecified atom stereocenters. The Hall–Kier alpha value is -3.21. The van der Waals surface area contributed by atoms with Gasteiger partial charge in [-0.15, -0.1) is 30.0 Å². The van der Waals surface area contributed by atoms with E-state index in [4.69, 9.17) is 4.42 Å². The highest BCUT2D eigenvalue weighted by atomic mass is 32.2. The third-order valence-corrected chi connectivity index (χ3v) is 6.95. The van der Waals surface area contributed by atoms with Crippen LogP contribution in [-0.4, -0.2) is 48.2 Å². The van der Waals surface area contributed by atoms with Crippen LogP contribution in [0.2, 0.25) is 0 Å². The Morgan fingerprint density at radius 3 is 2.44 bits per heavy atom. The third-order valence-electron chi connectivity index (χ3n) is 4.38. The minimum Gasteiger partial charge on any atom is -0.403 e. The highest BCUT2D eigenvalue weighted by Gasteiger charge is 2.23. The summed E-state index contributed by atoms with van der Waals surface area (Å²) in [7, 11) is -3.74. The summed E-state index contributed by atoms with van der Waals surface area (Å²) in [6, 6.07) is 13.1. The smallest absolute Gasteiger partial charge is 0.322 e. The van der Waals surface area contributed by atoms with E-state index < -0.39 is 15.9 Å². The summed E-state index contributed by atoms with van der Waals surface area (Å²) in [5.74, 6) is -0.224. The summed E-state index contributed by atoms with van der Waals surface area (Å²) in [5.41, 5.74) is 0.982. The van der Waals surface area contributed by atoms with Gasteiger partial charge in [0, 0.05) is 29.1 Å². The lowest BCUT2D eigenvalue weighted by atomic mass is 10.2. The number of anilines is 1. The van der Waals surface area contributed by atoms with Gasteiger partial charge in [-0.1, -0.05) is 23.3 Å². The second-order valence-electron chi connectivity index (χ2n) is 6.52. The molecule has 10 heteroatoms. The highest BCUT2D eigenvalue weighted by molar-refractivity contribution is 7.98. The summed E-state index contributed by atoms with van der Waals surface area (Å²) in [5, 5.41) is 10.4. The summed E-state index contributed by atoms with van der Waals surface area (Å²) < 4.78 is 32.3. The largest absolute Gasteiger partial charge is 0.403 e. The summed E-state index contributed by atoms with van der Waals surface area (Å²) in [6.07, 6.45) is 4.96. The molecule has 1 heterocycles. The molecule has 0 aliphatic rings. The molecular weight excluding hydrogens is 448 g/mol. The molecule has 0 spiro atoms. The first-order valence-electron chi connectivity index (χ1n) is 9.50. The zero-order chi connectivity index (χ0) is 23.1. The third kappa shape index (κ3) is 5.34. The molecule has 1 N–H and O–H groups in total. The van der Waals surface area contributed by atoms with Crippen molar-refractivity contribution in [1.82, 2.24) is 14.5 Å². The van der Waals surface area contributed by atoms with Crippen molar-refractivity contribution in [2.24, 2.45) is 0 Å². The average molecular weight is 471 g/mol. The number of carbonyl (C=O) groups is 1. The maximum Gasteiger partial charge on any atom is 0.322 e. The minimum atomic E-state index is -3.74. The molecule has 3 aromatic rings. The molecule has 2 aromatic carbocycles. The Bertz CT molecular complexity index is 1210. The van der Waals surface area contributed by atoms with Crippen molar-refractivity contribution in [2.45, 2.75) is 9.79 Å². The predicted octanol–water partition coefficient (Wildman–Crippen LogP) is 4.07. The van der Waals surface area contributed by atoms with Gasteiger partial charge >= 0.3 is 6.01 Å². The lowest BCUT2D eigenvalue weighted by Gasteiger charge is -2.19. The maximum atomic E-state index is 12.8. The SMILES string of the molecule is C=CCN(CC=C)S(=O)(=O)c1ccc(C(=O)Nc2nnc(-c3cccc(SC)c3)o2)cc1. The first-order chi connectivity index (χ1) is 15.4. The average Bonchev–Trinajstić information content (AvgIpc) is 3.27. The minimum absolute atomic E-state index is 0.0561. The number of sulfonamides is 1. The Morgan fingerprint density at radius 1 is 1.12 bits per heavy atom. The van der Waals surface area contributed by atoms with E-state index in [0.717, 1.165) is 10.5 Å². The van der Waals surface area contributed by atoms with Crippen LogP contribution < -0.4 is 5.32 Å². The van der Waals surface area contributed by atoms with Crippen molar-refractivity contribution >= 4 is 33.7 Å². The van der Waals surface area contributed by atoms with Crippen molar-refractivity contribution in [1.29, 1.82) is 0 Å². The van der Waals surface area contributed by atoms with Crippen molar-refractivity contribution in [3.8, 4) is 11.5 Å². The lowest BCUT2D eigenvalue weighted by molar-refractivity contribution is 0.102. The summed E-state index contributed by atoms with van der Waals surface area (Å²) in [6.45, 7) is 7.46. The Labute approximate surface area is 191 Å². The van der Waals surface area contributed by atoms with Gasteiger partial charge in [0.1, 0.15) is 0 Å². The molecule has 1 amide bonds. The van der Waals surface area contributed by atoms with E-state index in [9.17, 15) is 13.2 Å². The van der Waals surface area contributed by atoms with Crippen LogP contribution in [0.15, 0.2) is 88.0 Å². The monoisotopic (exact) mass is 470 g/mol. The van der Waals surface area contributed by atoms with Crippen LogP contribution in [0.25, 0.3) is 11.5 Å². The van der Waals surface area contributed by atoms with E-state index in [1.807, 2.05) is 30.5 Å². The normalized spacial score (nSPS) is 11.3. The first-order valence-corrected chi connectivity index (χ1v) is 12.2. The molecule has 0 saturated carbocycles. The molecule has 166 valence electrons. The molecule has 32 heavy (non-hydrogen) atoms. The number of amides is 1. The summed E-state index contributed by atoms with van der Waals surface area (Å²) in [4.78, 5) is 13.6. The zero-order valence-electron chi connectivity index (χ0n) is 17.4. The fraction of sp³-hybridized carbons (Fsp3) is 0.136. The lowest BCUT2D eigenvalue weighted by Crippen LogP contribution is -2.31. The molecule has 0 aliphatic heterocycles. The van der Waals surface area contributed by atoms with Crippen LogP contribution in [0.1, 0.15) is 10.4 Å².